The zero-order chi connectivity index (χ0) is 25.1. The van der Waals surface area contributed by atoms with Crippen molar-refractivity contribution < 1.29 is 27.4 Å². The molecule has 0 saturated carbocycles. The van der Waals surface area contributed by atoms with E-state index in [1.165, 1.54) is 37.4 Å². The van der Waals surface area contributed by atoms with Crippen molar-refractivity contribution in [2.45, 2.75) is 50.8 Å². The summed E-state index contributed by atoms with van der Waals surface area (Å²) in [5.74, 6) is -1.10. The number of halogens is 4. The van der Waals surface area contributed by atoms with Gasteiger partial charge in [-0.1, -0.05) is 26.0 Å². The topological polar surface area (TPSA) is 74.7 Å². The highest BCUT2D eigenvalue weighted by molar-refractivity contribution is 5.91. The number of hydrogen-bond acceptors (Lipinski definition) is 4. The minimum Gasteiger partial charge on any atom is -0.496 e. The number of nitrogens with one attached hydrogen (secondary N) is 1. The van der Waals surface area contributed by atoms with Crippen LogP contribution in [0.4, 0.5) is 23.2 Å². The van der Waals surface area contributed by atoms with Crippen molar-refractivity contribution in [2.24, 2.45) is 4.99 Å². The summed E-state index contributed by atoms with van der Waals surface area (Å²) >= 11 is 0. The van der Waals surface area contributed by atoms with Crippen molar-refractivity contribution in [1.82, 2.24) is 4.98 Å². The van der Waals surface area contributed by atoms with Gasteiger partial charge in [-0.15, -0.1) is 0 Å². The van der Waals surface area contributed by atoms with Crippen LogP contribution >= 0.6 is 0 Å². The van der Waals surface area contributed by atoms with Crippen molar-refractivity contribution in [3.8, 4) is 5.75 Å². The smallest absolute Gasteiger partial charge is 0.422 e. The van der Waals surface area contributed by atoms with Crippen LogP contribution in [0.5, 0.6) is 5.75 Å². The molecule has 0 amide bonds. The van der Waals surface area contributed by atoms with Gasteiger partial charge in [-0.05, 0) is 55.0 Å². The summed E-state index contributed by atoms with van der Waals surface area (Å²) < 4.78 is 61.9. The lowest BCUT2D eigenvalue weighted by atomic mass is 9.83. The fourth-order valence-corrected chi connectivity index (χ4v) is 4.06. The van der Waals surface area contributed by atoms with Gasteiger partial charge in [-0.2, -0.15) is 13.2 Å². The van der Waals surface area contributed by atoms with Gasteiger partial charge in [0.25, 0.3) is 0 Å². The minimum atomic E-state index is -5.02. The van der Waals surface area contributed by atoms with Crippen molar-refractivity contribution in [1.29, 1.82) is 0 Å². The molecule has 9 heteroatoms. The summed E-state index contributed by atoms with van der Waals surface area (Å²) in [6.45, 7) is 3.41. The maximum absolute atomic E-state index is 14.2. The first-order valence-electron chi connectivity index (χ1n) is 10.9. The molecule has 3 aromatic rings. The largest absolute Gasteiger partial charge is 0.496 e. The van der Waals surface area contributed by atoms with Gasteiger partial charge in [0.2, 0.25) is 5.56 Å². The number of aliphatic hydroxyl groups is 1. The first-order chi connectivity index (χ1) is 16.0. The summed E-state index contributed by atoms with van der Waals surface area (Å²) in [4.78, 5) is 18.1. The Hall–Kier alpha value is -3.20. The van der Waals surface area contributed by atoms with E-state index in [9.17, 15) is 27.5 Å². The number of hydrogen-bond donors (Lipinski definition) is 2. The number of fused-ring (bicyclic) bond motifs is 1. The molecule has 34 heavy (non-hydrogen) atoms. The number of aromatic amines is 1. The Labute approximate surface area is 194 Å². The van der Waals surface area contributed by atoms with Gasteiger partial charge in [-0.25, -0.2) is 4.39 Å². The second-order valence-electron chi connectivity index (χ2n) is 8.05. The van der Waals surface area contributed by atoms with E-state index < -0.39 is 29.9 Å². The van der Waals surface area contributed by atoms with Crippen molar-refractivity contribution in [3.05, 3.63) is 69.8 Å². The number of pyridine rings is 1. The molecule has 0 aliphatic rings. The number of aliphatic imine (C=N–C) groups is 1. The normalized spacial score (nSPS) is 14.9. The Bertz CT molecular complexity index is 1250. The van der Waals surface area contributed by atoms with Crippen LogP contribution in [0.1, 0.15) is 43.7 Å². The molecule has 2 atom stereocenters. The highest BCUT2D eigenvalue weighted by atomic mass is 19.4. The zero-order valence-corrected chi connectivity index (χ0v) is 19.0. The molecule has 0 bridgehead atoms. The van der Waals surface area contributed by atoms with Crippen molar-refractivity contribution in [3.63, 3.8) is 0 Å². The number of benzene rings is 2. The number of alkyl halides is 3. The lowest BCUT2D eigenvalue weighted by Crippen LogP contribution is -2.47. The van der Waals surface area contributed by atoms with E-state index in [2.05, 4.69) is 9.98 Å². The second-order valence-corrected chi connectivity index (χ2v) is 8.05. The molecule has 0 radical (unpaired) electrons. The predicted molar refractivity (Wildman–Crippen MR) is 124 cm³/mol. The molecular weight excluding hydrogens is 452 g/mol. The molecule has 2 aromatic carbocycles. The molecule has 0 spiro atoms. The van der Waals surface area contributed by atoms with E-state index in [1.54, 1.807) is 26.0 Å². The maximum atomic E-state index is 14.2. The lowest BCUT2D eigenvalue weighted by molar-refractivity contribution is -0.232. The Kier molecular flexibility index (Phi) is 7.45. The Morgan fingerprint density at radius 2 is 1.88 bits per heavy atom. The molecule has 0 aliphatic carbocycles. The first-order valence-corrected chi connectivity index (χ1v) is 10.9. The fourth-order valence-electron chi connectivity index (χ4n) is 4.06. The Balaban J connectivity index is 2.05. The number of ether oxygens (including phenoxy) is 1. The standard InChI is InChI=1S/C25H26F4N2O3/c1-4-15(17-9-11-19(26)16(5-2)23(17)34-3)13-24(33,25(27,28)29)14-30-20-7-6-8-21-18(20)10-12-22(32)31-21/h6-12,14-15,33H,4-5,13H2,1-3H3,(H,31,32)/t15?,24-/m1/s1. The van der Waals surface area contributed by atoms with E-state index in [4.69, 9.17) is 4.74 Å². The molecule has 0 saturated heterocycles. The highest BCUT2D eigenvalue weighted by Crippen LogP contribution is 2.42. The van der Waals surface area contributed by atoms with Gasteiger partial charge < -0.3 is 14.8 Å². The van der Waals surface area contributed by atoms with E-state index >= 15 is 0 Å². The molecule has 1 unspecified atom stereocenters. The zero-order valence-electron chi connectivity index (χ0n) is 19.0. The number of aromatic nitrogens is 1. The van der Waals surface area contributed by atoms with E-state index in [-0.39, 0.29) is 29.0 Å². The molecule has 1 heterocycles. The number of nitrogens with zero attached hydrogens (tertiary/aromatic N) is 1. The van der Waals surface area contributed by atoms with Crippen LogP contribution in [0.3, 0.4) is 0 Å². The van der Waals surface area contributed by atoms with Crippen LogP contribution in [0, 0.1) is 5.82 Å². The second kappa shape index (κ2) is 9.97. The third-order valence-electron chi connectivity index (χ3n) is 5.93. The molecule has 1 aromatic heterocycles. The summed E-state index contributed by atoms with van der Waals surface area (Å²) in [6.07, 6.45) is -4.72. The Morgan fingerprint density at radius 3 is 2.50 bits per heavy atom. The lowest BCUT2D eigenvalue weighted by Gasteiger charge is -2.31. The molecule has 0 fully saturated rings. The van der Waals surface area contributed by atoms with Crippen LogP contribution in [0.25, 0.3) is 10.9 Å². The average molecular weight is 478 g/mol. The number of H-pyrrole nitrogens is 1. The quantitative estimate of drug-likeness (QED) is 0.317. The molecule has 182 valence electrons. The molecule has 5 nitrogen and oxygen atoms in total. The van der Waals surface area contributed by atoms with Crippen LogP contribution < -0.4 is 10.3 Å². The summed E-state index contributed by atoms with van der Waals surface area (Å²) in [6, 6.07) is 9.94. The first kappa shape index (κ1) is 25.4. The molecule has 0 aliphatic heterocycles. The number of methoxy groups -OCH3 is 1. The van der Waals surface area contributed by atoms with Gasteiger partial charge in [-0.3, -0.25) is 9.79 Å². The van der Waals surface area contributed by atoms with Crippen LogP contribution in [-0.2, 0) is 6.42 Å². The van der Waals surface area contributed by atoms with Crippen LogP contribution in [0.15, 0.2) is 52.3 Å². The third-order valence-corrected chi connectivity index (χ3v) is 5.93. The molecule has 3 rings (SSSR count). The highest BCUT2D eigenvalue weighted by Gasteiger charge is 2.53. The average Bonchev–Trinajstić information content (AvgIpc) is 2.80. The van der Waals surface area contributed by atoms with Gasteiger partial charge in [0.05, 0.1) is 18.3 Å². The SMILES string of the molecule is CCc1c(F)ccc(C(CC)C[C@@](O)(C=Nc2cccc3[nH]c(=O)ccc23)C(F)(F)F)c1OC. The monoisotopic (exact) mass is 478 g/mol. The van der Waals surface area contributed by atoms with Gasteiger partial charge in [0.15, 0.2) is 5.60 Å². The predicted octanol–water partition coefficient (Wildman–Crippen LogP) is 5.82. The fraction of sp³-hybridized carbons (Fsp3) is 0.360. The van der Waals surface area contributed by atoms with E-state index in [0.717, 1.165) is 0 Å². The van der Waals surface area contributed by atoms with Crippen LogP contribution in [0.2, 0.25) is 0 Å². The van der Waals surface area contributed by atoms with E-state index in [1.807, 2.05) is 0 Å². The van der Waals surface area contributed by atoms with Crippen LogP contribution in [-0.4, -0.2) is 35.2 Å². The number of rotatable bonds is 8. The van der Waals surface area contributed by atoms with E-state index in [0.29, 0.717) is 29.1 Å². The van der Waals surface area contributed by atoms with Gasteiger partial charge >= 0.3 is 6.18 Å². The summed E-state index contributed by atoms with van der Waals surface area (Å²) in [5.41, 5.74) is -2.38. The van der Waals surface area contributed by atoms with Crippen molar-refractivity contribution in [2.75, 3.05) is 7.11 Å². The van der Waals surface area contributed by atoms with Crippen molar-refractivity contribution >= 4 is 22.8 Å². The summed E-state index contributed by atoms with van der Waals surface area (Å²) in [7, 11) is 1.34. The third kappa shape index (κ3) is 4.99. The summed E-state index contributed by atoms with van der Waals surface area (Å²) in [5, 5.41) is 11.2. The molecular formula is C25H26F4N2O3. The minimum absolute atomic E-state index is 0.164. The molecule has 2 N–H and O–H groups in total. The Morgan fingerprint density at radius 1 is 1.15 bits per heavy atom. The van der Waals surface area contributed by atoms with Gasteiger partial charge in [0.1, 0.15) is 11.6 Å². The van der Waals surface area contributed by atoms with Gasteiger partial charge in [0, 0.05) is 23.2 Å². The maximum Gasteiger partial charge on any atom is 0.422 e.